The SMILES string of the molecule is CC.CC/C=C(\C=NC)C(C(=O)O)N(C)C. The molecule has 1 atom stereocenters. The lowest BCUT2D eigenvalue weighted by atomic mass is 10.1. The number of hydrogen-bond acceptors (Lipinski definition) is 3. The lowest BCUT2D eigenvalue weighted by Crippen LogP contribution is -2.37. The monoisotopic (exact) mass is 228 g/mol. The summed E-state index contributed by atoms with van der Waals surface area (Å²) in [5, 5.41) is 9.02. The van der Waals surface area contributed by atoms with Crippen LogP contribution in [-0.4, -0.2) is 49.4 Å². The highest BCUT2D eigenvalue weighted by Crippen LogP contribution is 2.07. The van der Waals surface area contributed by atoms with E-state index in [0.29, 0.717) is 0 Å². The van der Waals surface area contributed by atoms with Crippen molar-refractivity contribution in [3.05, 3.63) is 11.6 Å². The molecule has 0 aromatic heterocycles. The van der Waals surface area contributed by atoms with Gasteiger partial charge in [-0.1, -0.05) is 26.8 Å². The Balaban J connectivity index is 0. The van der Waals surface area contributed by atoms with Gasteiger partial charge in [0, 0.05) is 13.3 Å². The Morgan fingerprint density at radius 1 is 1.44 bits per heavy atom. The van der Waals surface area contributed by atoms with Gasteiger partial charge in [0.25, 0.3) is 0 Å². The summed E-state index contributed by atoms with van der Waals surface area (Å²) >= 11 is 0. The van der Waals surface area contributed by atoms with E-state index < -0.39 is 12.0 Å². The van der Waals surface area contributed by atoms with Crippen LogP contribution in [0.5, 0.6) is 0 Å². The lowest BCUT2D eigenvalue weighted by molar-refractivity contribution is -0.140. The average molecular weight is 228 g/mol. The molecule has 0 fully saturated rings. The minimum atomic E-state index is -0.852. The number of rotatable bonds is 5. The van der Waals surface area contributed by atoms with Gasteiger partial charge in [0.05, 0.1) is 0 Å². The fraction of sp³-hybridized carbons (Fsp3) is 0.667. The van der Waals surface area contributed by atoms with Gasteiger partial charge >= 0.3 is 5.97 Å². The quantitative estimate of drug-likeness (QED) is 0.733. The largest absolute Gasteiger partial charge is 0.480 e. The van der Waals surface area contributed by atoms with E-state index in [1.54, 1.807) is 32.3 Å². The summed E-state index contributed by atoms with van der Waals surface area (Å²) in [6.45, 7) is 5.97. The van der Waals surface area contributed by atoms with E-state index in [1.165, 1.54) is 0 Å². The van der Waals surface area contributed by atoms with Crippen LogP contribution in [0.1, 0.15) is 27.2 Å². The summed E-state index contributed by atoms with van der Waals surface area (Å²) in [5.41, 5.74) is 0.729. The normalized spacial score (nSPS) is 13.6. The lowest BCUT2D eigenvalue weighted by Gasteiger charge is -2.20. The molecule has 1 unspecified atom stereocenters. The van der Waals surface area contributed by atoms with E-state index in [9.17, 15) is 4.79 Å². The van der Waals surface area contributed by atoms with Crippen molar-refractivity contribution in [3.63, 3.8) is 0 Å². The van der Waals surface area contributed by atoms with E-state index in [4.69, 9.17) is 5.11 Å². The van der Waals surface area contributed by atoms with Crippen molar-refractivity contribution < 1.29 is 9.90 Å². The minimum absolute atomic E-state index is 0.612. The van der Waals surface area contributed by atoms with E-state index in [-0.39, 0.29) is 0 Å². The third-order valence-electron chi connectivity index (χ3n) is 1.78. The molecule has 0 radical (unpaired) electrons. The molecule has 0 saturated heterocycles. The van der Waals surface area contributed by atoms with Crippen molar-refractivity contribution in [1.29, 1.82) is 0 Å². The standard InChI is InChI=1S/C10H18N2O2.C2H6/c1-5-6-8(7-11-2)9(10(13)14)12(3)4;1-2/h6-7,9H,5H2,1-4H3,(H,13,14);1-2H3/b8-6+,11-7?;. The van der Waals surface area contributed by atoms with Gasteiger partial charge in [0.15, 0.2) is 0 Å². The second-order valence-corrected chi connectivity index (χ2v) is 3.20. The van der Waals surface area contributed by atoms with E-state index in [1.807, 2.05) is 26.8 Å². The van der Waals surface area contributed by atoms with Crippen LogP contribution >= 0.6 is 0 Å². The maximum atomic E-state index is 11.0. The van der Waals surface area contributed by atoms with Crippen LogP contribution < -0.4 is 0 Å². The molecule has 0 aromatic rings. The van der Waals surface area contributed by atoms with Crippen LogP contribution in [0.2, 0.25) is 0 Å². The van der Waals surface area contributed by atoms with Crippen molar-refractivity contribution >= 4 is 12.2 Å². The van der Waals surface area contributed by atoms with E-state index >= 15 is 0 Å². The molecule has 0 rings (SSSR count). The van der Waals surface area contributed by atoms with Crippen molar-refractivity contribution in [1.82, 2.24) is 4.90 Å². The van der Waals surface area contributed by atoms with Gasteiger partial charge in [-0.05, 0) is 26.1 Å². The number of aliphatic imine (C=N–C) groups is 1. The highest BCUT2D eigenvalue weighted by molar-refractivity contribution is 5.91. The zero-order chi connectivity index (χ0) is 13.1. The molecular formula is C12H24N2O2. The minimum Gasteiger partial charge on any atom is -0.480 e. The number of hydrogen-bond donors (Lipinski definition) is 1. The Bertz CT molecular complexity index is 245. The predicted octanol–water partition coefficient (Wildman–Crippen LogP) is 2.06. The molecule has 0 spiro atoms. The number of carbonyl (C=O) groups is 1. The first-order chi connectivity index (χ1) is 7.54. The zero-order valence-electron chi connectivity index (χ0n) is 11.2. The van der Waals surface area contributed by atoms with E-state index in [0.717, 1.165) is 12.0 Å². The highest BCUT2D eigenvalue weighted by atomic mass is 16.4. The summed E-state index contributed by atoms with van der Waals surface area (Å²) in [5.74, 6) is -0.852. The molecule has 4 nitrogen and oxygen atoms in total. The fourth-order valence-electron chi connectivity index (χ4n) is 1.28. The molecule has 0 aromatic carbocycles. The zero-order valence-corrected chi connectivity index (χ0v) is 11.2. The van der Waals surface area contributed by atoms with Gasteiger partial charge in [-0.2, -0.15) is 0 Å². The van der Waals surface area contributed by atoms with Crippen LogP contribution in [0.4, 0.5) is 0 Å². The van der Waals surface area contributed by atoms with Crippen molar-refractivity contribution in [2.24, 2.45) is 4.99 Å². The fourth-order valence-corrected chi connectivity index (χ4v) is 1.28. The number of carboxylic acid groups (broad SMARTS) is 1. The second-order valence-electron chi connectivity index (χ2n) is 3.20. The molecule has 0 aliphatic carbocycles. The van der Waals surface area contributed by atoms with Gasteiger partial charge in [-0.15, -0.1) is 0 Å². The van der Waals surface area contributed by atoms with E-state index in [2.05, 4.69) is 4.99 Å². The summed E-state index contributed by atoms with van der Waals surface area (Å²) in [6, 6.07) is -0.612. The van der Waals surface area contributed by atoms with Gasteiger partial charge in [-0.3, -0.25) is 14.7 Å². The molecule has 0 amide bonds. The predicted molar refractivity (Wildman–Crippen MR) is 69.2 cm³/mol. The summed E-state index contributed by atoms with van der Waals surface area (Å²) in [4.78, 5) is 16.5. The molecule has 0 aliphatic rings. The number of aliphatic carboxylic acids is 1. The summed E-state index contributed by atoms with van der Waals surface area (Å²) in [6.07, 6.45) is 4.28. The van der Waals surface area contributed by atoms with Gasteiger partial charge in [0.1, 0.15) is 6.04 Å². The first kappa shape index (κ1) is 17.2. The molecular weight excluding hydrogens is 204 g/mol. The molecule has 0 aliphatic heterocycles. The Labute approximate surface area is 98.7 Å². The summed E-state index contributed by atoms with van der Waals surface area (Å²) in [7, 11) is 5.12. The number of carboxylic acids is 1. The Hall–Kier alpha value is -1.16. The van der Waals surface area contributed by atoms with Crippen molar-refractivity contribution in [2.45, 2.75) is 33.2 Å². The molecule has 0 saturated carbocycles. The Morgan fingerprint density at radius 2 is 1.94 bits per heavy atom. The van der Waals surface area contributed by atoms with Crippen LogP contribution in [0, 0.1) is 0 Å². The molecule has 1 N–H and O–H groups in total. The van der Waals surface area contributed by atoms with Crippen LogP contribution in [0.25, 0.3) is 0 Å². The average Bonchev–Trinajstić information content (AvgIpc) is 2.20. The number of allylic oxidation sites excluding steroid dienone is 1. The first-order valence-electron chi connectivity index (χ1n) is 5.56. The maximum absolute atomic E-state index is 11.0. The molecule has 94 valence electrons. The Kier molecular flexibility index (Phi) is 11.2. The third kappa shape index (κ3) is 6.35. The van der Waals surface area contributed by atoms with Gasteiger partial charge in [-0.25, -0.2) is 0 Å². The van der Waals surface area contributed by atoms with Crippen molar-refractivity contribution in [2.75, 3.05) is 21.1 Å². The molecule has 0 heterocycles. The van der Waals surface area contributed by atoms with Crippen LogP contribution in [0.3, 0.4) is 0 Å². The van der Waals surface area contributed by atoms with Crippen LogP contribution in [-0.2, 0) is 4.79 Å². The molecule has 4 heteroatoms. The van der Waals surface area contributed by atoms with Crippen LogP contribution in [0.15, 0.2) is 16.6 Å². The molecule has 0 bridgehead atoms. The first-order valence-corrected chi connectivity index (χ1v) is 5.56. The van der Waals surface area contributed by atoms with Gasteiger partial charge < -0.3 is 5.11 Å². The number of likely N-dealkylation sites (N-methyl/N-ethyl adjacent to an activating group) is 1. The van der Waals surface area contributed by atoms with Crippen molar-refractivity contribution in [3.8, 4) is 0 Å². The number of nitrogens with zero attached hydrogens (tertiary/aromatic N) is 2. The summed E-state index contributed by atoms with van der Waals surface area (Å²) < 4.78 is 0. The Morgan fingerprint density at radius 3 is 2.19 bits per heavy atom. The van der Waals surface area contributed by atoms with Gasteiger partial charge in [0.2, 0.25) is 0 Å². The second kappa shape index (κ2) is 10.4. The highest BCUT2D eigenvalue weighted by Gasteiger charge is 2.22. The third-order valence-corrected chi connectivity index (χ3v) is 1.78. The molecule has 16 heavy (non-hydrogen) atoms. The smallest absolute Gasteiger partial charge is 0.325 e. The topological polar surface area (TPSA) is 52.9 Å². The maximum Gasteiger partial charge on any atom is 0.325 e.